The topological polar surface area (TPSA) is 12.0 Å². The monoisotopic (exact) mass is 347 g/mol. The summed E-state index contributed by atoms with van der Waals surface area (Å²) in [6, 6.07) is 11.7. The molecule has 1 unspecified atom stereocenters. The van der Waals surface area contributed by atoms with E-state index in [0.717, 1.165) is 10.0 Å². The van der Waals surface area contributed by atoms with Crippen LogP contribution in [0, 0.1) is 5.82 Å². The first kappa shape index (κ1) is 14.7. The van der Waals surface area contributed by atoms with E-state index in [1.807, 2.05) is 13.1 Å². The largest absolute Gasteiger partial charge is 0.309 e. The Morgan fingerprint density at radius 2 is 1.81 bits per heavy atom. The maximum absolute atomic E-state index is 13.3. The lowest BCUT2D eigenvalue weighted by atomic mass is 9.88. The van der Waals surface area contributed by atoms with Crippen LogP contribution in [0.25, 0.3) is 0 Å². The maximum Gasteiger partial charge on any atom is 0.124 e. The van der Waals surface area contributed by atoms with Crippen molar-refractivity contribution in [1.29, 1.82) is 0 Å². The molecule has 0 spiro atoms. The summed E-state index contributed by atoms with van der Waals surface area (Å²) in [5.74, 6) is -0.217. The zero-order chi connectivity index (χ0) is 14.8. The molecule has 3 heteroatoms. The van der Waals surface area contributed by atoms with Crippen molar-refractivity contribution < 1.29 is 4.39 Å². The quantitative estimate of drug-likeness (QED) is 0.842. The number of nitrogens with one attached hydrogen (secondary N) is 1. The van der Waals surface area contributed by atoms with E-state index in [-0.39, 0.29) is 11.9 Å². The molecule has 1 aliphatic rings. The van der Waals surface area contributed by atoms with E-state index in [2.05, 4.69) is 39.4 Å². The van der Waals surface area contributed by atoms with E-state index < -0.39 is 0 Å². The van der Waals surface area contributed by atoms with Gasteiger partial charge in [-0.3, -0.25) is 0 Å². The van der Waals surface area contributed by atoms with Crippen molar-refractivity contribution >= 4 is 15.9 Å². The minimum Gasteiger partial charge on any atom is -0.309 e. The minimum absolute atomic E-state index is 0.0761. The first-order valence-electron chi connectivity index (χ1n) is 7.43. The van der Waals surface area contributed by atoms with Crippen molar-refractivity contribution in [2.75, 3.05) is 7.05 Å². The molecule has 0 saturated heterocycles. The average Bonchev–Trinajstić information content (AvgIpc) is 2.50. The fourth-order valence-corrected chi connectivity index (χ4v) is 3.75. The van der Waals surface area contributed by atoms with Crippen LogP contribution >= 0.6 is 15.9 Å². The second kappa shape index (κ2) is 6.29. The van der Waals surface area contributed by atoms with Crippen LogP contribution in [-0.2, 0) is 12.8 Å². The number of aryl methyl sites for hydroxylation is 2. The van der Waals surface area contributed by atoms with Crippen molar-refractivity contribution in [3.63, 3.8) is 0 Å². The molecule has 1 nitrogen and oxygen atoms in total. The van der Waals surface area contributed by atoms with Crippen LogP contribution in [0.5, 0.6) is 0 Å². The molecule has 0 aromatic heterocycles. The molecule has 0 bridgehead atoms. The molecule has 0 fully saturated rings. The Bertz CT molecular complexity index is 654. The van der Waals surface area contributed by atoms with Crippen molar-refractivity contribution in [1.82, 2.24) is 5.32 Å². The predicted molar refractivity (Wildman–Crippen MR) is 88.1 cm³/mol. The highest BCUT2D eigenvalue weighted by Crippen LogP contribution is 2.31. The summed E-state index contributed by atoms with van der Waals surface area (Å²) < 4.78 is 14.1. The summed E-state index contributed by atoms with van der Waals surface area (Å²) >= 11 is 3.48. The van der Waals surface area contributed by atoms with Gasteiger partial charge in [0.15, 0.2) is 0 Å². The summed E-state index contributed by atoms with van der Waals surface area (Å²) in [5, 5.41) is 3.35. The van der Waals surface area contributed by atoms with Gasteiger partial charge in [0.2, 0.25) is 0 Å². The lowest BCUT2D eigenvalue weighted by Crippen LogP contribution is -2.19. The van der Waals surface area contributed by atoms with Gasteiger partial charge in [0.25, 0.3) is 0 Å². The van der Waals surface area contributed by atoms with Gasteiger partial charge in [0.1, 0.15) is 5.82 Å². The van der Waals surface area contributed by atoms with Gasteiger partial charge in [0, 0.05) is 4.47 Å². The third-order valence-electron chi connectivity index (χ3n) is 4.27. The summed E-state index contributed by atoms with van der Waals surface area (Å²) in [6.07, 6.45) is 4.94. The van der Waals surface area contributed by atoms with Crippen LogP contribution in [0.3, 0.4) is 0 Å². The number of benzene rings is 2. The highest BCUT2D eigenvalue weighted by Gasteiger charge is 2.18. The van der Waals surface area contributed by atoms with Crippen LogP contribution in [0.4, 0.5) is 4.39 Å². The molecule has 110 valence electrons. The second-order valence-electron chi connectivity index (χ2n) is 5.62. The van der Waals surface area contributed by atoms with Gasteiger partial charge in [-0.05, 0) is 67.1 Å². The molecule has 21 heavy (non-hydrogen) atoms. The lowest BCUT2D eigenvalue weighted by molar-refractivity contribution is 0.621. The number of hydrogen-bond acceptors (Lipinski definition) is 1. The van der Waals surface area contributed by atoms with Crippen LogP contribution in [0.15, 0.2) is 40.9 Å². The molecular weight excluding hydrogens is 329 g/mol. The minimum atomic E-state index is -0.217. The van der Waals surface area contributed by atoms with E-state index in [9.17, 15) is 4.39 Å². The number of hydrogen-bond donors (Lipinski definition) is 1. The van der Waals surface area contributed by atoms with Gasteiger partial charge in [0.05, 0.1) is 6.04 Å². The Morgan fingerprint density at radius 1 is 1.05 bits per heavy atom. The van der Waals surface area contributed by atoms with Gasteiger partial charge in [-0.15, -0.1) is 0 Å². The van der Waals surface area contributed by atoms with Gasteiger partial charge >= 0.3 is 0 Å². The lowest BCUT2D eigenvalue weighted by Gasteiger charge is -2.22. The summed E-state index contributed by atoms with van der Waals surface area (Å²) in [7, 11) is 1.94. The third kappa shape index (κ3) is 3.04. The van der Waals surface area contributed by atoms with Gasteiger partial charge in [-0.1, -0.05) is 40.2 Å². The number of halogens is 2. The molecule has 3 rings (SSSR count). The highest BCUT2D eigenvalue weighted by atomic mass is 79.9. The van der Waals surface area contributed by atoms with Crippen LogP contribution in [-0.4, -0.2) is 7.05 Å². The molecule has 1 atom stereocenters. The fourth-order valence-electron chi connectivity index (χ4n) is 3.17. The highest BCUT2D eigenvalue weighted by molar-refractivity contribution is 9.10. The van der Waals surface area contributed by atoms with Crippen molar-refractivity contribution in [2.45, 2.75) is 31.7 Å². The Balaban J connectivity index is 1.99. The first-order chi connectivity index (χ1) is 10.2. The molecule has 1 N–H and O–H groups in total. The summed E-state index contributed by atoms with van der Waals surface area (Å²) in [5.41, 5.74) is 5.26. The SMILES string of the molecule is CNC(c1ccc2c(c1)CCCC2)c1ccc(F)cc1Br. The van der Waals surface area contributed by atoms with Gasteiger partial charge in [-0.25, -0.2) is 4.39 Å². The fraction of sp³-hybridized carbons (Fsp3) is 0.333. The van der Waals surface area contributed by atoms with E-state index in [1.165, 1.54) is 54.5 Å². The molecule has 2 aromatic rings. The van der Waals surface area contributed by atoms with E-state index in [1.54, 1.807) is 0 Å². The van der Waals surface area contributed by atoms with Gasteiger partial charge in [-0.2, -0.15) is 0 Å². The molecule has 0 amide bonds. The maximum atomic E-state index is 13.3. The van der Waals surface area contributed by atoms with Crippen LogP contribution in [0.2, 0.25) is 0 Å². The van der Waals surface area contributed by atoms with Gasteiger partial charge < -0.3 is 5.32 Å². The molecule has 0 saturated carbocycles. The second-order valence-corrected chi connectivity index (χ2v) is 6.48. The Labute approximate surface area is 133 Å². The number of fused-ring (bicyclic) bond motifs is 1. The van der Waals surface area contributed by atoms with Crippen LogP contribution in [0.1, 0.15) is 41.1 Å². The molecule has 0 aliphatic heterocycles. The van der Waals surface area contributed by atoms with E-state index in [0.29, 0.717) is 0 Å². The third-order valence-corrected chi connectivity index (χ3v) is 4.95. The number of rotatable bonds is 3. The molecule has 0 heterocycles. The predicted octanol–water partition coefficient (Wildman–Crippen LogP) is 4.78. The van der Waals surface area contributed by atoms with Crippen LogP contribution < -0.4 is 5.32 Å². The standard InChI is InChI=1S/C18H19BrFN/c1-21-18(16-9-8-15(20)11-17(16)19)14-7-6-12-4-2-3-5-13(12)10-14/h6-11,18,21H,2-5H2,1H3. The smallest absolute Gasteiger partial charge is 0.124 e. The normalized spacial score (nSPS) is 15.6. The van der Waals surface area contributed by atoms with Crippen molar-refractivity contribution in [3.8, 4) is 0 Å². The van der Waals surface area contributed by atoms with Crippen molar-refractivity contribution in [3.05, 3.63) is 68.9 Å². The molecule has 2 aromatic carbocycles. The summed E-state index contributed by atoms with van der Waals surface area (Å²) in [4.78, 5) is 0. The molecular formula is C18H19BrFN. The van der Waals surface area contributed by atoms with Crippen molar-refractivity contribution in [2.24, 2.45) is 0 Å². The summed E-state index contributed by atoms with van der Waals surface area (Å²) in [6.45, 7) is 0. The van der Waals surface area contributed by atoms with E-state index in [4.69, 9.17) is 0 Å². The average molecular weight is 348 g/mol. The molecule has 0 radical (unpaired) electrons. The molecule has 1 aliphatic carbocycles. The Hall–Kier alpha value is -1.19. The zero-order valence-electron chi connectivity index (χ0n) is 12.1. The Kier molecular flexibility index (Phi) is 4.41. The Morgan fingerprint density at radius 3 is 2.52 bits per heavy atom. The van der Waals surface area contributed by atoms with E-state index >= 15 is 0 Å². The zero-order valence-corrected chi connectivity index (χ0v) is 13.7. The first-order valence-corrected chi connectivity index (χ1v) is 8.22.